The zero-order valence-electron chi connectivity index (χ0n) is 16.2. The number of hydrogen-bond donors (Lipinski definition) is 1. The van der Waals surface area contributed by atoms with E-state index in [9.17, 15) is 14.4 Å². The molecule has 3 rings (SSSR count). The summed E-state index contributed by atoms with van der Waals surface area (Å²) in [6.07, 6.45) is 0.923. The molecule has 1 aromatic carbocycles. The lowest BCUT2D eigenvalue weighted by Crippen LogP contribution is -2.40. The Morgan fingerprint density at radius 3 is 2.86 bits per heavy atom. The third-order valence-electron chi connectivity index (χ3n) is 4.47. The number of ether oxygens (including phenoxy) is 1. The number of carbonyl (C=O) groups is 3. The van der Waals surface area contributed by atoms with Gasteiger partial charge in [-0.05, 0) is 24.5 Å². The van der Waals surface area contributed by atoms with Gasteiger partial charge >= 0.3 is 5.97 Å². The van der Waals surface area contributed by atoms with Gasteiger partial charge < -0.3 is 15.0 Å². The second-order valence-electron chi connectivity index (χ2n) is 6.40. The third kappa shape index (κ3) is 5.54. The maximum Gasteiger partial charge on any atom is 0.316 e. The highest BCUT2D eigenvalue weighted by Gasteiger charge is 2.30. The Hall–Kier alpha value is -2.46. The summed E-state index contributed by atoms with van der Waals surface area (Å²) in [6.45, 7) is 4.20. The molecule has 8 nitrogen and oxygen atoms in total. The smallest absolute Gasteiger partial charge is 0.316 e. The van der Waals surface area contributed by atoms with Crippen LogP contribution in [0.3, 0.4) is 0 Å². The van der Waals surface area contributed by atoms with E-state index in [1.54, 1.807) is 11.8 Å². The molecule has 1 aliphatic rings. The summed E-state index contributed by atoms with van der Waals surface area (Å²) >= 11 is 2.41. The van der Waals surface area contributed by atoms with E-state index < -0.39 is 0 Å². The van der Waals surface area contributed by atoms with Crippen LogP contribution in [0.15, 0.2) is 28.6 Å². The van der Waals surface area contributed by atoms with E-state index in [0.717, 1.165) is 17.5 Å². The first-order chi connectivity index (χ1) is 14.0. The van der Waals surface area contributed by atoms with Crippen molar-refractivity contribution in [3.05, 3.63) is 35.4 Å². The SMILES string of the molecule is CCOC(=O)CSc1nnc(NC(=O)CC2c3ccccc3CCN2C(C)=O)s1. The monoisotopic (exact) mass is 434 g/mol. The Bertz CT molecular complexity index is 902. The summed E-state index contributed by atoms with van der Waals surface area (Å²) in [5, 5.41) is 11.0. The van der Waals surface area contributed by atoms with E-state index in [1.165, 1.54) is 30.0 Å². The number of anilines is 1. The number of amides is 2. The second-order valence-corrected chi connectivity index (χ2v) is 8.60. The van der Waals surface area contributed by atoms with Crippen LogP contribution in [0, 0.1) is 0 Å². The number of nitrogens with one attached hydrogen (secondary N) is 1. The first-order valence-corrected chi connectivity index (χ1v) is 11.0. The Labute approximate surface area is 177 Å². The fourth-order valence-electron chi connectivity index (χ4n) is 3.24. The molecule has 29 heavy (non-hydrogen) atoms. The number of aromatic nitrogens is 2. The number of rotatable bonds is 7. The minimum atomic E-state index is -0.321. The molecule has 1 atom stereocenters. The molecule has 0 saturated carbocycles. The molecule has 0 saturated heterocycles. The zero-order valence-corrected chi connectivity index (χ0v) is 17.8. The first kappa shape index (κ1) is 21.3. The van der Waals surface area contributed by atoms with Crippen LogP contribution in [-0.4, -0.2) is 51.8 Å². The van der Waals surface area contributed by atoms with Gasteiger partial charge in [0.05, 0.1) is 24.8 Å². The molecule has 1 aliphatic heterocycles. The molecular weight excluding hydrogens is 412 g/mol. The van der Waals surface area contributed by atoms with Gasteiger partial charge in [-0.25, -0.2) is 0 Å². The molecule has 0 fully saturated rings. The van der Waals surface area contributed by atoms with Crippen LogP contribution in [-0.2, 0) is 25.5 Å². The van der Waals surface area contributed by atoms with E-state index in [4.69, 9.17) is 4.74 Å². The quantitative estimate of drug-likeness (QED) is 0.406. The molecule has 0 aliphatic carbocycles. The highest BCUT2D eigenvalue weighted by atomic mass is 32.2. The van der Waals surface area contributed by atoms with E-state index in [-0.39, 0.29) is 36.0 Å². The van der Waals surface area contributed by atoms with Crippen molar-refractivity contribution in [3.8, 4) is 0 Å². The van der Waals surface area contributed by atoms with Crippen molar-refractivity contribution in [2.24, 2.45) is 0 Å². The van der Waals surface area contributed by atoms with E-state index in [2.05, 4.69) is 15.5 Å². The van der Waals surface area contributed by atoms with Crippen molar-refractivity contribution in [3.63, 3.8) is 0 Å². The molecule has 10 heteroatoms. The molecule has 1 N–H and O–H groups in total. The molecule has 2 heterocycles. The van der Waals surface area contributed by atoms with Gasteiger partial charge in [-0.15, -0.1) is 10.2 Å². The molecule has 2 aromatic rings. The van der Waals surface area contributed by atoms with Crippen LogP contribution in [0.1, 0.15) is 37.4 Å². The average molecular weight is 435 g/mol. The number of benzene rings is 1. The summed E-state index contributed by atoms with van der Waals surface area (Å²) in [5.74, 6) is -0.469. The van der Waals surface area contributed by atoms with Gasteiger partial charge in [0.2, 0.25) is 16.9 Å². The normalized spacial score (nSPS) is 15.5. The van der Waals surface area contributed by atoms with Crippen molar-refractivity contribution < 1.29 is 19.1 Å². The van der Waals surface area contributed by atoms with Crippen LogP contribution >= 0.6 is 23.1 Å². The molecule has 2 amide bonds. The molecular formula is C19H22N4O4S2. The van der Waals surface area contributed by atoms with Crippen molar-refractivity contribution >= 4 is 46.0 Å². The maximum absolute atomic E-state index is 12.6. The second kappa shape index (κ2) is 9.84. The number of fused-ring (bicyclic) bond motifs is 1. The van der Waals surface area contributed by atoms with Crippen LogP contribution in [0.5, 0.6) is 0 Å². The van der Waals surface area contributed by atoms with Crippen LogP contribution in [0.25, 0.3) is 0 Å². The fraction of sp³-hybridized carbons (Fsp3) is 0.421. The van der Waals surface area contributed by atoms with E-state index in [1.807, 2.05) is 24.3 Å². The lowest BCUT2D eigenvalue weighted by atomic mass is 9.90. The number of esters is 1. The minimum Gasteiger partial charge on any atom is -0.465 e. The van der Waals surface area contributed by atoms with Crippen molar-refractivity contribution in [2.45, 2.75) is 37.1 Å². The van der Waals surface area contributed by atoms with Crippen molar-refractivity contribution in [2.75, 3.05) is 24.2 Å². The van der Waals surface area contributed by atoms with Crippen molar-refractivity contribution in [1.82, 2.24) is 15.1 Å². The highest BCUT2D eigenvalue weighted by Crippen LogP contribution is 2.33. The van der Waals surface area contributed by atoms with Gasteiger partial charge in [0, 0.05) is 13.5 Å². The fourth-order valence-corrected chi connectivity index (χ4v) is 4.80. The molecule has 0 radical (unpaired) electrons. The van der Waals surface area contributed by atoms with Gasteiger partial charge in [0.25, 0.3) is 0 Å². The van der Waals surface area contributed by atoms with Crippen LogP contribution in [0.2, 0.25) is 0 Å². The third-order valence-corrected chi connectivity index (χ3v) is 6.41. The van der Waals surface area contributed by atoms with Crippen LogP contribution < -0.4 is 5.32 Å². The minimum absolute atomic E-state index is 0.0501. The predicted octanol–water partition coefficient (Wildman–Crippen LogP) is 2.67. The highest BCUT2D eigenvalue weighted by molar-refractivity contribution is 8.01. The lowest BCUT2D eigenvalue weighted by molar-refractivity contribution is -0.140. The Morgan fingerprint density at radius 2 is 2.10 bits per heavy atom. The summed E-state index contributed by atoms with van der Waals surface area (Å²) in [5.41, 5.74) is 2.17. The summed E-state index contributed by atoms with van der Waals surface area (Å²) in [4.78, 5) is 37.9. The number of hydrogen-bond acceptors (Lipinski definition) is 8. The van der Waals surface area contributed by atoms with Gasteiger partial charge in [0.1, 0.15) is 0 Å². The molecule has 0 bridgehead atoms. The Morgan fingerprint density at radius 1 is 1.31 bits per heavy atom. The summed E-state index contributed by atoms with van der Waals surface area (Å²) in [6, 6.07) is 7.59. The standard InChI is InChI=1S/C19H22N4O4S2/c1-3-27-17(26)11-28-19-22-21-18(29-19)20-16(25)10-15-14-7-5-4-6-13(14)8-9-23(15)12(2)24/h4-7,15H,3,8-11H2,1-2H3,(H,20,21,25). The molecule has 154 valence electrons. The summed E-state index contributed by atoms with van der Waals surface area (Å²) < 4.78 is 5.44. The molecule has 0 spiro atoms. The van der Waals surface area contributed by atoms with Crippen LogP contribution in [0.4, 0.5) is 5.13 Å². The molecule has 1 unspecified atom stereocenters. The first-order valence-electron chi connectivity index (χ1n) is 9.24. The Kier molecular flexibility index (Phi) is 7.21. The maximum atomic E-state index is 12.6. The predicted molar refractivity (Wildman–Crippen MR) is 111 cm³/mol. The van der Waals surface area contributed by atoms with Gasteiger partial charge in [0.15, 0.2) is 4.34 Å². The summed E-state index contributed by atoms with van der Waals surface area (Å²) in [7, 11) is 0. The van der Waals surface area contributed by atoms with E-state index in [0.29, 0.717) is 22.6 Å². The number of thioether (sulfide) groups is 1. The average Bonchev–Trinajstić information content (AvgIpc) is 3.14. The lowest BCUT2D eigenvalue weighted by Gasteiger charge is -2.36. The zero-order chi connectivity index (χ0) is 20.8. The largest absolute Gasteiger partial charge is 0.465 e. The number of carbonyl (C=O) groups excluding carboxylic acids is 3. The van der Waals surface area contributed by atoms with Gasteiger partial charge in [-0.2, -0.15) is 0 Å². The van der Waals surface area contributed by atoms with Gasteiger partial charge in [-0.3, -0.25) is 14.4 Å². The van der Waals surface area contributed by atoms with E-state index >= 15 is 0 Å². The Balaban J connectivity index is 1.63. The topological polar surface area (TPSA) is 101 Å². The van der Waals surface area contributed by atoms with Crippen molar-refractivity contribution in [1.29, 1.82) is 0 Å². The molecule has 1 aromatic heterocycles. The number of nitrogens with zero attached hydrogens (tertiary/aromatic N) is 3. The van der Waals surface area contributed by atoms with Gasteiger partial charge in [-0.1, -0.05) is 47.4 Å².